The van der Waals surface area contributed by atoms with Crippen molar-refractivity contribution in [3.05, 3.63) is 53.3 Å². The molecule has 1 aliphatic rings. The number of benzene rings is 2. The number of rotatable bonds is 13. The van der Waals surface area contributed by atoms with E-state index in [-0.39, 0.29) is 48.6 Å². The Morgan fingerprint density at radius 2 is 1.84 bits per heavy atom. The van der Waals surface area contributed by atoms with E-state index >= 15 is 0 Å². The van der Waals surface area contributed by atoms with Gasteiger partial charge >= 0.3 is 12.1 Å². The fraction of sp³-hybridized carbons (Fsp3) is 0.467. The van der Waals surface area contributed by atoms with Crippen LogP contribution in [0.4, 0.5) is 14.9 Å². The molecule has 0 spiro atoms. The Morgan fingerprint density at radius 1 is 1.11 bits per heavy atom. The first-order chi connectivity index (χ1) is 21.1. The molecule has 0 aliphatic carbocycles. The molecule has 0 saturated carbocycles. The number of phenols is 1. The van der Waals surface area contributed by atoms with Gasteiger partial charge in [0.25, 0.3) is 0 Å². The van der Waals surface area contributed by atoms with Crippen LogP contribution in [0.5, 0.6) is 11.5 Å². The maximum absolute atomic E-state index is 15.0. The molecule has 1 saturated heterocycles. The molecular formula is C30H38FN3O10S. The molecule has 246 valence electrons. The number of phenolic OH excluding ortho intramolecular Hbond substituents is 1. The highest BCUT2D eigenvalue weighted by Gasteiger charge is 2.38. The molecule has 0 aromatic heterocycles. The minimum Gasteiger partial charge on any atom is -0.507 e. The van der Waals surface area contributed by atoms with Crippen molar-refractivity contribution in [1.82, 2.24) is 10.6 Å². The van der Waals surface area contributed by atoms with E-state index in [4.69, 9.17) is 9.47 Å². The molecular weight excluding hydrogens is 613 g/mol. The molecule has 1 heterocycles. The maximum Gasteiger partial charge on any atom is 0.408 e. The molecule has 2 aromatic rings. The molecule has 3 rings (SSSR count). The normalized spacial score (nSPS) is 14.9. The van der Waals surface area contributed by atoms with Crippen molar-refractivity contribution < 1.29 is 51.3 Å². The second-order valence-electron chi connectivity index (χ2n) is 11.3. The zero-order valence-electron chi connectivity index (χ0n) is 25.6. The lowest BCUT2D eigenvalue weighted by Crippen LogP contribution is -2.49. The van der Waals surface area contributed by atoms with Gasteiger partial charge in [-0.15, -0.1) is 0 Å². The summed E-state index contributed by atoms with van der Waals surface area (Å²) in [7, 11) is -2.77. The zero-order valence-corrected chi connectivity index (χ0v) is 26.4. The molecule has 13 nitrogen and oxygen atoms in total. The van der Waals surface area contributed by atoms with Crippen molar-refractivity contribution in [2.45, 2.75) is 64.5 Å². The number of esters is 1. The van der Waals surface area contributed by atoms with Gasteiger partial charge in [-0.3, -0.25) is 9.59 Å². The number of carbonyl (C=O) groups excluding carboxylic acids is 4. The number of carbonyl (C=O) groups is 4. The quantitative estimate of drug-likeness (QED) is 0.215. The largest absolute Gasteiger partial charge is 0.507 e. The molecule has 1 atom stereocenters. The van der Waals surface area contributed by atoms with E-state index in [9.17, 15) is 37.1 Å². The highest BCUT2D eigenvalue weighted by atomic mass is 32.2. The lowest BCUT2D eigenvalue weighted by molar-refractivity contribution is -0.123. The molecule has 1 aliphatic heterocycles. The summed E-state index contributed by atoms with van der Waals surface area (Å²) in [4.78, 5) is 49.6. The number of aromatic hydroxyl groups is 1. The molecule has 3 amide bonds. The van der Waals surface area contributed by atoms with Gasteiger partial charge in [0.15, 0.2) is 0 Å². The number of methoxy groups -OCH3 is 1. The number of anilines is 1. The third-order valence-corrected chi connectivity index (χ3v) is 8.21. The average molecular weight is 652 g/mol. The molecule has 15 heteroatoms. The van der Waals surface area contributed by atoms with Gasteiger partial charge in [0.05, 0.1) is 25.2 Å². The molecule has 2 aromatic carbocycles. The first-order valence-electron chi connectivity index (χ1n) is 14.3. The van der Waals surface area contributed by atoms with Crippen molar-refractivity contribution in [1.29, 1.82) is 0 Å². The first kappa shape index (κ1) is 35.1. The monoisotopic (exact) mass is 651 g/mol. The van der Waals surface area contributed by atoms with E-state index in [0.717, 1.165) is 12.1 Å². The lowest BCUT2D eigenvalue weighted by atomic mass is 10.0. The average Bonchev–Trinajstić information content (AvgIpc) is 3.22. The summed E-state index contributed by atoms with van der Waals surface area (Å²) in [5.41, 5.74) is -1.05. The lowest BCUT2D eigenvalue weighted by Gasteiger charge is -2.24. The van der Waals surface area contributed by atoms with Gasteiger partial charge in [0.2, 0.25) is 21.8 Å². The Kier molecular flexibility index (Phi) is 11.7. The van der Waals surface area contributed by atoms with Crippen LogP contribution in [0, 0.1) is 5.82 Å². The third kappa shape index (κ3) is 9.80. The van der Waals surface area contributed by atoms with Gasteiger partial charge in [0.1, 0.15) is 34.5 Å². The van der Waals surface area contributed by atoms with Gasteiger partial charge in [-0.2, -0.15) is 0 Å². The Morgan fingerprint density at radius 3 is 2.47 bits per heavy atom. The fourth-order valence-electron chi connectivity index (χ4n) is 4.45. The van der Waals surface area contributed by atoms with E-state index in [1.807, 2.05) is 0 Å². The summed E-state index contributed by atoms with van der Waals surface area (Å²) in [6.45, 7) is 5.45. The zero-order chi connectivity index (χ0) is 33.4. The summed E-state index contributed by atoms with van der Waals surface area (Å²) in [5, 5.41) is 15.2. The van der Waals surface area contributed by atoms with Crippen molar-refractivity contribution in [2.24, 2.45) is 0 Å². The van der Waals surface area contributed by atoms with Crippen LogP contribution in [0.3, 0.4) is 0 Å². The van der Waals surface area contributed by atoms with Crippen LogP contribution >= 0.6 is 0 Å². The minimum atomic E-state index is -3.97. The highest BCUT2D eigenvalue weighted by molar-refractivity contribution is 7.94. The molecule has 3 N–H and O–H groups in total. The van der Waals surface area contributed by atoms with Gasteiger partial charge in [-0.05, 0) is 69.9 Å². The summed E-state index contributed by atoms with van der Waals surface area (Å²) >= 11 is 0. The fourth-order valence-corrected chi connectivity index (χ4v) is 5.92. The maximum atomic E-state index is 15.0. The first-order valence-corrected chi connectivity index (χ1v) is 15.9. The molecule has 0 radical (unpaired) electrons. The SMILES string of the molecule is COC(=O)c1c(O)cccc1OCCCCCNC(=O)[C@H](Cc1ccc(N2C(=O)CCS2(=O)=O)c(F)c1)NC(=O)OC(C)(C)C. The Labute approximate surface area is 261 Å². The Balaban J connectivity index is 1.58. The standard InChI is InChI=1S/C30H38FN3O10S/c1-30(2,3)44-29(39)33-21(18-19-11-12-22(20(31)17-19)34-25(36)13-16-45(34,40)41)27(37)32-14-6-5-7-15-43-24-10-8-9-23(35)26(24)28(38)42-4/h8-12,17,21,35H,5-7,13-16,18H2,1-4H3,(H,32,37)(H,33,39)/t21-/m0/s1. The second-order valence-corrected chi connectivity index (χ2v) is 13.2. The predicted molar refractivity (Wildman–Crippen MR) is 161 cm³/mol. The molecule has 0 unspecified atom stereocenters. The van der Waals surface area contributed by atoms with E-state index < -0.39 is 62.8 Å². The smallest absolute Gasteiger partial charge is 0.408 e. The van der Waals surface area contributed by atoms with E-state index in [1.165, 1.54) is 31.4 Å². The molecule has 45 heavy (non-hydrogen) atoms. The number of ether oxygens (including phenoxy) is 3. The van der Waals surface area contributed by atoms with Gasteiger partial charge < -0.3 is 30.0 Å². The van der Waals surface area contributed by atoms with Crippen molar-refractivity contribution in [3.63, 3.8) is 0 Å². The Bertz CT molecular complexity index is 1520. The number of nitrogens with zero attached hydrogens (tertiary/aromatic N) is 1. The topological polar surface area (TPSA) is 178 Å². The summed E-state index contributed by atoms with van der Waals surface area (Å²) in [6, 6.07) is 6.82. The van der Waals surface area contributed by atoms with Gasteiger partial charge in [-0.25, -0.2) is 26.7 Å². The number of sulfonamides is 1. The van der Waals surface area contributed by atoms with Crippen molar-refractivity contribution in [2.75, 3.05) is 30.3 Å². The van der Waals surface area contributed by atoms with Gasteiger partial charge in [-0.1, -0.05) is 12.1 Å². The van der Waals surface area contributed by atoms with Crippen molar-refractivity contribution in [3.8, 4) is 11.5 Å². The van der Waals surface area contributed by atoms with Crippen LogP contribution in [0.2, 0.25) is 0 Å². The minimum absolute atomic E-state index is 0.0696. The van der Waals surface area contributed by atoms with Crippen LogP contribution in [-0.4, -0.2) is 75.1 Å². The number of nitrogens with one attached hydrogen (secondary N) is 2. The van der Waals surface area contributed by atoms with E-state index in [1.54, 1.807) is 20.8 Å². The van der Waals surface area contributed by atoms with E-state index in [0.29, 0.717) is 23.6 Å². The number of unbranched alkanes of at least 4 members (excludes halogenated alkanes) is 2. The van der Waals surface area contributed by atoms with Crippen molar-refractivity contribution >= 4 is 39.6 Å². The predicted octanol–water partition coefficient (Wildman–Crippen LogP) is 3.19. The third-order valence-electron chi connectivity index (χ3n) is 6.53. The Hall–Kier alpha value is -4.40. The second kappa shape index (κ2) is 15.1. The highest BCUT2D eigenvalue weighted by Crippen LogP contribution is 2.29. The van der Waals surface area contributed by atoms with Gasteiger partial charge in [0, 0.05) is 19.4 Å². The number of hydrogen-bond donors (Lipinski definition) is 3. The van der Waals surface area contributed by atoms with Crippen LogP contribution < -0.4 is 19.7 Å². The molecule has 1 fully saturated rings. The van der Waals surface area contributed by atoms with Crippen LogP contribution in [0.1, 0.15) is 62.4 Å². The number of alkyl carbamates (subject to hydrolysis) is 1. The number of halogens is 1. The van der Waals surface area contributed by atoms with Crippen LogP contribution in [0.25, 0.3) is 0 Å². The van der Waals surface area contributed by atoms with E-state index in [2.05, 4.69) is 15.4 Å². The van der Waals surface area contributed by atoms with Crippen LogP contribution in [-0.2, 0) is 35.5 Å². The summed E-state index contributed by atoms with van der Waals surface area (Å²) in [6.07, 6.45) is 0.480. The summed E-state index contributed by atoms with van der Waals surface area (Å²) < 4.78 is 55.5. The number of amides is 3. The summed E-state index contributed by atoms with van der Waals surface area (Å²) in [5.74, 6) is -3.46. The van der Waals surface area contributed by atoms with Crippen LogP contribution in [0.15, 0.2) is 36.4 Å². The molecule has 0 bridgehead atoms. The number of hydrogen-bond acceptors (Lipinski definition) is 10.